The van der Waals surface area contributed by atoms with Gasteiger partial charge < -0.3 is 5.32 Å². The molecule has 0 bridgehead atoms. The van der Waals surface area contributed by atoms with Gasteiger partial charge in [0.25, 0.3) is 0 Å². The molecule has 0 atom stereocenters. The molecular formula is C9H10ClF2N. The zero-order chi connectivity index (χ0) is 9.68. The SMILES string of the molecule is FCCCNc1ccc(Cl)c(F)c1. The van der Waals surface area contributed by atoms with Gasteiger partial charge in [-0.1, -0.05) is 11.6 Å². The van der Waals surface area contributed by atoms with Crippen LogP contribution < -0.4 is 5.32 Å². The van der Waals surface area contributed by atoms with E-state index in [1.54, 1.807) is 6.07 Å². The normalized spacial score (nSPS) is 10.1. The molecule has 1 aromatic carbocycles. The molecule has 0 spiro atoms. The highest BCUT2D eigenvalue weighted by Gasteiger charge is 1.99. The molecule has 0 amide bonds. The molecule has 0 unspecified atom stereocenters. The Morgan fingerprint density at radius 1 is 1.38 bits per heavy atom. The summed E-state index contributed by atoms with van der Waals surface area (Å²) in [5, 5.41) is 2.97. The molecule has 0 aliphatic heterocycles. The minimum absolute atomic E-state index is 0.0936. The number of benzene rings is 1. The van der Waals surface area contributed by atoms with E-state index in [2.05, 4.69) is 5.32 Å². The van der Waals surface area contributed by atoms with E-state index in [-0.39, 0.29) is 11.7 Å². The average Bonchev–Trinajstić information content (AvgIpc) is 2.12. The Hall–Kier alpha value is -0.830. The highest BCUT2D eigenvalue weighted by molar-refractivity contribution is 6.30. The van der Waals surface area contributed by atoms with E-state index in [1.807, 2.05) is 0 Å². The van der Waals surface area contributed by atoms with Gasteiger partial charge in [-0.15, -0.1) is 0 Å². The molecule has 4 heteroatoms. The monoisotopic (exact) mass is 205 g/mol. The molecule has 13 heavy (non-hydrogen) atoms. The first-order valence-corrected chi connectivity index (χ1v) is 4.36. The maximum absolute atomic E-state index is 12.8. The Morgan fingerprint density at radius 3 is 2.77 bits per heavy atom. The summed E-state index contributed by atoms with van der Waals surface area (Å²) < 4.78 is 24.5. The number of alkyl halides is 1. The first-order valence-electron chi connectivity index (χ1n) is 3.99. The van der Waals surface area contributed by atoms with E-state index in [1.165, 1.54) is 12.1 Å². The lowest BCUT2D eigenvalue weighted by atomic mass is 10.3. The second-order valence-electron chi connectivity index (χ2n) is 2.60. The maximum atomic E-state index is 12.8. The largest absolute Gasteiger partial charge is 0.385 e. The van der Waals surface area contributed by atoms with Gasteiger partial charge in [-0.05, 0) is 24.6 Å². The van der Waals surface area contributed by atoms with Gasteiger partial charge in [0.1, 0.15) is 5.82 Å². The number of hydrogen-bond acceptors (Lipinski definition) is 1. The lowest BCUT2D eigenvalue weighted by molar-refractivity contribution is 0.481. The van der Waals surface area contributed by atoms with Crippen molar-refractivity contribution in [2.75, 3.05) is 18.5 Å². The summed E-state index contributed by atoms with van der Waals surface area (Å²) in [6.07, 6.45) is 0.421. The van der Waals surface area contributed by atoms with Crippen molar-refractivity contribution in [1.82, 2.24) is 0 Å². The number of hydrogen-bond donors (Lipinski definition) is 1. The highest BCUT2D eigenvalue weighted by Crippen LogP contribution is 2.18. The van der Waals surface area contributed by atoms with Crippen LogP contribution in [0.5, 0.6) is 0 Å². The molecule has 0 heterocycles. The summed E-state index contributed by atoms with van der Waals surface area (Å²) in [7, 11) is 0. The van der Waals surface area contributed by atoms with Crippen LogP contribution in [-0.2, 0) is 0 Å². The molecule has 0 fully saturated rings. The smallest absolute Gasteiger partial charge is 0.143 e. The van der Waals surface area contributed by atoms with Crippen LogP contribution in [0.4, 0.5) is 14.5 Å². The molecular weight excluding hydrogens is 196 g/mol. The van der Waals surface area contributed by atoms with Gasteiger partial charge in [0.05, 0.1) is 11.7 Å². The van der Waals surface area contributed by atoms with Crippen LogP contribution in [0.25, 0.3) is 0 Å². The summed E-state index contributed by atoms with van der Waals surface area (Å²) in [5.74, 6) is -0.466. The van der Waals surface area contributed by atoms with E-state index in [0.717, 1.165) is 0 Å². The van der Waals surface area contributed by atoms with Crippen LogP contribution in [0.2, 0.25) is 5.02 Å². The fourth-order valence-corrected chi connectivity index (χ4v) is 1.02. The minimum Gasteiger partial charge on any atom is -0.385 e. The second kappa shape index (κ2) is 5.02. The van der Waals surface area contributed by atoms with Gasteiger partial charge in [-0.2, -0.15) is 0 Å². The van der Waals surface area contributed by atoms with E-state index in [9.17, 15) is 8.78 Å². The third kappa shape index (κ3) is 3.19. The Kier molecular flexibility index (Phi) is 3.96. The van der Waals surface area contributed by atoms with Crippen molar-refractivity contribution in [3.8, 4) is 0 Å². The lowest BCUT2D eigenvalue weighted by Crippen LogP contribution is -2.02. The number of anilines is 1. The fourth-order valence-electron chi connectivity index (χ4n) is 0.906. The molecule has 72 valence electrons. The minimum atomic E-state index is -0.466. The number of rotatable bonds is 4. The average molecular weight is 206 g/mol. The zero-order valence-corrected chi connectivity index (χ0v) is 7.74. The topological polar surface area (TPSA) is 12.0 Å². The Bertz CT molecular complexity index is 278. The predicted octanol–water partition coefficient (Wildman–Crippen LogP) is 3.25. The molecule has 0 saturated carbocycles. The molecule has 1 rings (SSSR count). The highest BCUT2D eigenvalue weighted by atomic mass is 35.5. The van der Waals surface area contributed by atoms with Crippen molar-refractivity contribution < 1.29 is 8.78 Å². The van der Waals surface area contributed by atoms with E-state index < -0.39 is 5.82 Å². The quantitative estimate of drug-likeness (QED) is 0.744. The van der Waals surface area contributed by atoms with Gasteiger partial charge in [0, 0.05) is 12.2 Å². The Morgan fingerprint density at radius 2 is 2.15 bits per heavy atom. The predicted molar refractivity (Wildman–Crippen MR) is 50.5 cm³/mol. The second-order valence-corrected chi connectivity index (χ2v) is 3.01. The van der Waals surface area contributed by atoms with Gasteiger partial charge in [0.15, 0.2) is 0 Å². The third-order valence-electron chi connectivity index (χ3n) is 1.56. The molecule has 0 aromatic heterocycles. The van der Waals surface area contributed by atoms with Crippen LogP contribution in [0, 0.1) is 5.82 Å². The number of nitrogens with one attached hydrogen (secondary N) is 1. The van der Waals surface area contributed by atoms with Crippen molar-refractivity contribution in [3.63, 3.8) is 0 Å². The lowest BCUT2D eigenvalue weighted by Gasteiger charge is -2.04. The summed E-state index contributed by atoms with van der Waals surface area (Å²) >= 11 is 5.48. The molecule has 1 N–H and O–H groups in total. The van der Waals surface area contributed by atoms with Crippen molar-refractivity contribution in [2.24, 2.45) is 0 Å². The summed E-state index contributed by atoms with van der Waals surface area (Å²) in [6.45, 7) is 0.126. The van der Waals surface area contributed by atoms with Gasteiger partial charge in [-0.3, -0.25) is 4.39 Å². The summed E-state index contributed by atoms with van der Waals surface area (Å²) in [4.78, 5) is 0. The van der Waals surface area contributed by atoms with Crippen LogP contribution in [0.1, 0.15) is 6.42 Å². The zero-order valence-electron chi connectivity index (χ0n) is 6.99. The molecule has 0 aliphatic rings. The maximum Gasteiger partial charge on any atom is 0.143 e. The third-order valence-corrected chi connectivity index (χ3v) is 1.87. The van der Waals surface area contributed by atoms with E-state index >= 15 is 0 Å². The molecule has 1 nitrogen and oxygen atoms in total. The van der Waals surface area contributed by atoms with Crippen molar-refractivity contribution in [1.29, 1.82) is 0 Å². The van der Waals surface area contributed by atoms with E-state index in [4.69, 9.17) is 11.6 Å². The van der Waals surface area contributed by atoms with Crippen LogP contribution >= 0.6 is 11.6 Å². The first kappa shape index (κ1) is 10.3. The molecule has 0 saturated heterocycles. The molecule has 0 radical (unpaired) electrons. The van der Waals surface area contributed by atoms with Crippen LogP contribution in [0.3, 0.4) is 0 Å². The summed E-state index contributed by atoms with van der Waals surface area (Å²) in [5.41, 5.74) is 0.621. The Labute approximate surface area is 80.7 Å². The number of halogens is 3. The molecule has 0 aliphatic carbocycles. The molecule has 1 aromatic rings. The fraction of sp³-hybridized carbons (Fsp3) is 0.333. The van der Waals surface area contributed by atoms with Gasteiger partial charge >= 0.3 is 0 Å². The van der Waals surface area contributed by atoms with Crippen LogP contribution in [-0.4, -0.2) is 13.2 Å². The van der Waals surface area contributed by atoms with Crippen molar-refractivity contribution in [2.45, 2.75) is 6.42 Å². The van der Waals surface area contributed by atoms with E-state index in [0.29, 0.717) is 18.7 Å². The van der Waals surface area contributed by atoms with Gasteiger partial charge in [0.2, 0.25) is 0 Å². The van der Waals surface area contributed by atoms with Gasteiger partial charge in [-0.25, -0.2) is 4.39 Å². The first-order chi connectivity index (χ1) is 6.24. The van der Waals surface area contributed by atoms with Crippen molar-refractivity contribution >= 4 is 17.3 Å². The standard InChI is InChI=1S/C9H10ClF2N/c10-8-3-2-7(6-9(8)12)13-5-1-4-11/h2-3,6,13H,1,4-5H2. The van der Waals surface area contributed by atoms with Crippen LogP contribution in [0.15, 0.2) is 18.2 Å². The Balaban J connectivity index is 2.53. The summed E-state index contributed by atoms with van der Waals surface area (Å²) in [6, 6.07) is 4.42. The van der Waals surface area contributed by atoms with Crippen molar-refractivity contribution in [3.05, 3.63) is 29.0 Å².